The van der Waals surface area contributed by atoms with Crippen LogP contribution in [-0.2, 0) is 31.1 Å². The van der Waals surface area contributed by atoms with Crippen molar-refractivity contribution in [3.8, 4) is 11.1 Å². The van der Waals surface area contributed by atoms with E-state index in [4.69, 9.17) is 0 Å². The van der Waals surface area contributed by atoms with E-state index in [2.05, 4.69) is 94.8 Å². The third-order valence-electron chi connectivity index (χ3n) is 7.61. The molecule has 0 N–H and O–H groups in total. The van der Waals surface area contributed by atoms with Gasteiger partial charge in [0.25, 0.3) is 0 Å². The maximum absolute atomic E-state index is 3.78. The van der Waals surface area contributed by atoms with Crippen molar-refractivity contribution in [1.82, 2.24) is 0 Å². The van der Waals surface area contributed by atoms with Gasteiger partial charge >= 0.3 is 0 Å². The Hall–Kier alpha value is -2.64. The monoisotopic (exact) mass is 448 g/mol. The van der Waals surface area contributed by atoms with Crippen molar-refractivity contribution in [3.05, 3.63) is 128 Å². The van der Waals surface area contributed by atoms with Crippen LogP contribution in [0.3, 0.4) is 0 Å². The van der Waals surface area contributed by atoms with E-state index in [0.29, 0.717) is 0 Å². The summed E-state index contributed by atoms with van der Waals surface area (Å²) in [5, 5.41) is 0. The lowest BCUT2D eigenvalue weighted by Gasteiger charge is -2.36. The van der Waals surface area contributed by atoms with Gasteiger partial charge < -0.3 is 0 Å². The second kappa shape index (κ2) is 5.95. The maximum atomic E-state index is 3.78. The van der Waals surface area contributed by atoms with Crippen LogP contribution in [0.2, 0.25) is 0 Å². The quantitative estimate of drug-likeness (QED) is 0.272. The van der Waals surface area contributed by atoms with Crippen LogP contribution in [0.15, 0.2) is 83.3 Å². The van der Waals surface area contributed by atoms with Gasteiger partial charge in [0.15, 0.2) is 0 Å². The molecule has 1 heteroatoms. The van der Waals surface area contributed by atoms with Gasteiger partial charge in [0.2, 0.25) is 0 Å². The Labute approximate surface area is 185 Å². The summed E-state index contributed by atoms with van der Waals surface area (Å²) in [5.41, 5.74) is 14.2. The normalized spacial score (nSPS) is 16.6. The lowest BCUT2D eigenvalue weighted by Crippen LogP contribution is -2.30. The molecule has 0 unspecified atom stereocenters. The molecule has 4 aromatic carbocycles. The number of fused-ring (bicyclic) bond motifs is 5. The van der Waals surface area contributed by atoms with Crippen LogP contribution < -0.4 is 0 Å². The van der Waals surface area contributed by atoms with Gasteiger partial charge in [-0.25, -0.2) is 0 Å². The van der Waals surface area contributed by atoms with Gasteiger partial charge in [-0.1, -0.05) is 82.7 Å². The number of benzene rings is 4. The third kappa shape index (κ3) is 2.07. The lowest BCUT2D eigenvalue weighted by atomic mass is 9.65. The predicted octanol–water partition coefficient (Wildman–Crippen LogP) is 7.01. The summed E-state index contributed by atoms with van der Waals surface area (Å²) >= 11 is 3.78. The van der Waals surface area contributed by atoms with E-state index in [-0.39, 0.29) is 5.41 Å². The van der Waals surface area contributed by atoms with Gasteiger partial charge in [0.05, 0.1) is 5.41 Å². The van der Waals surface area contributed by atoms with Gasteiger partial charge in [-0.2, -0.15) is 0 Å². The van der Waals surface area contributed by atoms with E-state index in [9.17, 15) is 0 Å². The summed E-state index contributed by atoms with van der Waals surface area (Å²) < 4.78 is 1.14. The highest BCUT2D eigenvalue weighted by Gasteiger charge is 2.46. The zero-order valence-corrected chi connectivity index (χ0v) is 18.3. The summed E-state index contributed by atoms with van der Waals surface area (Å²) in [6.45, 7) is 0. The van der Waals surface area contributed by atoms with Crippen LogP contribution in [-0.4, -0.2) is 0 Å². The molecule has 0 spiro atoms. The average Bonchev–Trinajstić information content (AvgIpc) is 3.00. The molecule has 0 aromatic heterocycles. The van der Waals surface area contributed by atoms with E-state index < -0.39 is 0 Å². The van der Waals surface area contributed by atoms with Crippen molar-refractivity contribution < 1.29 is 0 Å². The topological polar surface area (TPSA) is 0 Å². The average molecular weight is 449 g/mol. The van der Waals surface area contributed by atoms with Crippen LogP contribution in [0.25, 0.3) is 11.1 Å². The van der Waals surface area contributed by atoms with Crippen molar-refractivity contribution in [3.63, 3.8) is 0 Å². The minimum Gasteiger partial charge on any atom is -0.0619 e. The van der Waals surface area contributed by atoms with E-state index in [1.807, 2.05) is 0 Å². The molecule has 30 heavy (non-hydrogen) atoms. The molecular formula is C29H21Br. The summed E-state index contributed by atoms with van der Waals surface area (Å²) in [4.78, 5) is 0. The zero-order valence-electron chi connectivity index (χ0n) is 16.7. The third-order valence-corrected chi connectivity index (χ3v) is 8.11. The molecule has 3 aliphatic rings. The van der Waals surface area contributed by atoms with Gasteiger partial charge in [-0.05, 0) is 93.5 Å². The molecule has 0 saturated heterocycles. The molecule has 144 valence electrons. The molecule has 3 aliphatic carbocycles. The van der Waals surface area contributed by atoms with Crippen molar-refractivity contribution in [2.45, 2.75) is 31.1 Å². The summed E-state index contributed by atoms with van der Waals surface area (Å²) in [5.74, 6) is 0. The van der Waals surface area contributed by atoms with E-state index in [1.54, 1.807) is 0 Å². The number of halogens is 1. The highest BCUT2D eigenvalue weighted by Crippen LogP contribution is 2.57. The first-order chi connectivity index (χ1) is 14.7. The number of hydrogen-bond donors (Lipinski definition) is 0. The second-order valence-electron chi connectivity index (χ2n) is 8.95. The van der Waals surface area contributed by atoms with Gasteiger partial charge in [0, 0.05) is 4.47 Å². The van der Waals surface area contributed by atoms with Crippen molar-refractivity contribution >= 4 is 15.9 Å². The molecule has 0 atom stereocenters. The van der Waals surface area contributed by atoms with Crippen LogP contribution in [0, 0.1) is 0 Å². The number of aryl methyl sites for hydroxylation is 4. The molecule has 0 radical (unpaired) electrons. The summed E-state index contributed by atoms with van der Waals surface area (Å²) in [6.07, 6.45) is 4.85. The second-order valence-corrected chi connectivity index (χ2v) is 9.87. The Balaban J connectivity index is 1.64. The van der Waals surface area contributed by atoms with Crippen LogP contribution in [0.1, 0.15) is 44.5 Å². The molecular weight excluding hydrogens is 428 g/mol. The van der Waals surface area contributed by atoms with Crippen molar-refractivity contribution in [2.24, 2.45) is 0 Å². The molecule has 0 amide bonds. The molecule has 0 nitrogen and oxygen atoms in total. The molecule has 0 bridgehead atoms. The minimum absolute atomic E-state index is 0.259. The van der Waals surface area contributed by atoms with Crippen LogP contribution in [0.4, 0.5) is 0 Å². The van der Waals surface area contributed by atoms with Gasteiger partial charge in [-0.3, -0.25) is 0 Å². The fourth-order valence-corrected chi connectivity index (χ4v) is 6.26. The first-order valence-electron chi connectivity index (χ1n) is 10.9. The molecule has 0 saturated carbocycles. The van der Waals surface area contributed by atoms with E-state index >= 15 is 0 Å². The Bertz CT molecular complexity index is 1310. The molecule has 0 fully saturated rings. The van der Waals surface area contributed by atoms with Crippen molar-refractivity contribution in [1.29, 1.82) is 0 Å². The van der Waals surface area contributed by atoms with Gasteiger partial charge in [0.1, 0.15) is 0 Å². The lowest BCUT2D eigenvalue weighted by molar-refractivity contribution is 0.739. The number of rotatable bonds is 2. The highest BCUT2D eigenvalue weighted by molar-refractivity contribution is 9.10. The fraction of sp³-hybridized carbons (Fsp3) is 0.172. The zero-order chi connectivity index (χ0) is 19.9. The highest BCUT2D eigenvalue weighted by atomic mass is 79.9. The molecule has 7 rings (SSSR count). The van der Waals surface area contributed by atoms with E-state index in [1.165, 1.54) is 81.3 Å². The Morgan fingerprint density at radius 1 is 0.533 bits per heavy atom. The van der Waals surface area contributed by atoms with Gasteiger partial charge in [-0.15, -0.1) is 0 Å². The molecule has 0 aliphatic heterocycles. The summed E-state index contributed by atoms with van der Waals surface area (Å²) in [6, 6.07) is 30.4. The van der Waals surface area contributed by atoms with Crippen LogP contribution >= 0.6 is 15.9 Å². The molecule has 0 heterocycles. The van der Waals surface area contributed by atoms with E-state index in [0.717, 1.165) is 4.47 Å². The SMILES string of the molecule is Brc1ccc2c(c1)C(c1ccc3c(c1)CC3)(c1ccc3c(c1)CC3)c1ccccc1-2. The Kier molecular flexibility index (Phi) is 3.39. The first-order valence-corrected chi connectivity index (χ1v) is 11.7. The smallest absolute Gasteiger partial charge is 0.0619 e. The largest absolute Gasteiger partial charge is 0.0714 e. The Morgan fingerprint density at radius 3 is 1.73 bits per heavy atom. The fourth-order valence-electron chi connectivity index (χ4n) is 5.90. The summed E-state index contributed by atoms with van der Waals surface area (Å²) in [7, 11) is 0. The molecule has 4 aromatic rings. The standard InChI is InChI=1S/C29H21Br/c30-24-13-14-26-25-3-1-2-4-27(25)29(28(26)17-24,22-11-9-18-5-7-20(18)15-22)23-12-10-19-6-8-21(19)16-23/h1-4,9-17H,5-8H2. The van der Waals surface area contributed by atoms with Crippen molar-refractivity contribution in [2.75, 3.05) is 0 Å². The Morgan fingerprint density at radius 2 is 1.13 bits per heavy atom. The maximum Gasteiger partial charge on any atom is 0.0714 e. The van der Waals surface area contributed by atoms with Crippen LogP contribution in [0.5, 0.6) is 0 Å². The predicted molar refractivity (Wildman–Crippen MR) is 126 cm³/mol. The minimum atomic E-state index is -0.259. The number of hydrogen-bond acceptors (Lipinski definition) is 0. The first kappa shape index (κ1) is 17.1.